The second-order valence-corrected chi connectivity index (χ2v) is 8.08. The van der Waals surface area contributed by atoms with Crippen LogP contribution in [0, 0.1) is 13.8 Å². The molecule has 0 radical (unpaired) electrons. The Bertz CT molecular complexity index is 1450. The predicted octanol–water partition coefficient (Wildman–Crippen LogP) is 5.60. The number of nitrogens with zero attached hydrogens (tertiary/aromatic N) is 4. The molecule has 0 N–H and O–H groups in total. The molecule has 4 heterocycles. The van der Waals surface area contributed by atoms with Gasteiger partial charge in [0.05, 0.1) is 41.1 Å². The number of aromatic nitrogens is 4. The minimum Gasteiger partial charge on any atom is -0.462 e. The van der Waals surface area contributed by atoms with Crippen molar-refractivity contribution in [3.05, 3.63) is 89.8 Å². The summed E-state index contributed by atoms with van der Waals surface area (Å²) < 4.78 is 12.6. The summed E-state index contributed by atoms with van der Waals surface area (Å²) >= 11 is 0. The molecular weight excluding hydrogens is 428 g/mol. The van der Waals surface area contributed by atoms with Gasteiger partial charge in [0.15, 0.2) is 0 Å². The molecule has 4 aromatic heterocycles. The third-order valence-corrected chi connectivity index (χ3v) is 5.80. The lowest BCUT2D eigenvalue weighted by Crippen LogP contribution is -2.03. The van der Waals surface area contributed by atoms with Gasteiger partial charge in [-0.3, -0.25) is 9.97 Å². The van der Waals surface area contributed by atoms with Gasteiger partial charge in [0.1, 0.15) is 5.76 Å². The first-order valence-corrected chi connectivity index (χ1v) is 11.1. The summed E-state index contributed by atoms with van der Waals surface area (Å²) in [6.45, 7) is 6.58. The largest absolute Gasteiger partial charge is 0.462 e. The molecule has 0 saturated heterocycles. The number of fused-ring (bicyclic) bond motifs is 1. The van der Waals surface area contributed by atoms with Crippen LogP contribution in [0.3, 0.4) is 0 Å². The van der Waals surface area contributed by atoms with Gasteiger partial charge in [-0.1, -0.05) is 23.4 Å². The summed E-state index contributed by atoms with van der Waals surface area (Å²) in [5.41, 5.74) is 8.01. The number of rotatable bonds is 6. The highest BCUT2D eigenvalue weighted by Gasteiger charge is 2.18. The Balaban J connectivity index is 1.63. The van der Waals surface area contributed by atoms with Crippen LogP contribution < -0.4 is 0 Å². The number of ether oxygens (including phenoxy) is 1. The topological polar surface area (TPSA) is 83.0 Å². The first-order valence-electron chi connectivity index (χ1n) is 11.1. The maximum absolute atomic E-state index is 12.1. The Kier molecular flexibility index (Phi) is 5.67. The molecule has 0 fully saturated rings. The van der Waals surface area contributed by atoms with Crippen LogP contribution in [-0.4, -0.2) is 32.3 Å². The summed E-state index contributed by atoms with van der Waals surface area (Å²) in [5.74, 6) is 0.435. The van der Waals surface area contributed by atoms with Gasteiger partial charge in [0, 0.05) is 35.3 Å². The first kappa shape index (κ1) is 21.6. The van der Waals surface area contributed by atoms with E-state index in [2.05, 4.69) is 27.0 Å². The molecule has 5 aromatic rings. The summed E-state index contributed by atoms with van der Waals surface area (Å²) in [4.78, 5) is 21.4. The van der Waals surface area contributed by atoms with E-state index < -0.39 is 0 Å². The molecule has 7 heteroatoms. The number of carbonyl (C=O) groups is 1. The molecular formula is C27H24N4O3. The average molecular weight is 453 g/mol. The lowest BCUT2D eigenvalue weighted by molar-refractivity contribution is 0.0526. The fourth-order valence-corrected chi connectivity index (χ4v) is 4.21. The summed E-state index contributed by atoms with van der Waals surface area (Å²) in [6.07, 6.45) is 5.74. The van der Waals surface area contributed by atoms with Gasteiger partial charge in [0.25, 0.3) is 0 Å². The Morgan fingerprint density at radius 2 is 1.88 bits per heavy atom. The Labute approximate surface area is 197 Å². The van der Waals surface area contributed by atoms with Crippen molar-refractivity contribution >= 4 is 17.0 Å². The van der Waals surface area contributed by atoms with Crippen LogP contribution in [0.15, 0.2) is 71.6 Å². The molecule has 170 valence electrons. The number of benzene rings is 1. The average Bonchev–Trinajstić information content (AvgIpc) is 3.38. The van der Waals surface area contributed by atoms with Crippen molar-refractivity contribution in [2.24, 2.45) is 0 Å². The fraction of sp³-hybridized carbons (Fsp3) is 0.185. The third-order valence-electron chi connectivity index (χ3n) is 5.80. The van der Waals surface area contributed by atoms with Crippen molar-refractivity contribution in [2.45, 2.75) is 27.3 Å². The van der Waals surface area contributed by atoms with Crippen LogP contribution >= 0.6 is 0 Å². The normalized spacial score (nSPS) is 11.1. The predicted molar refractivity (Wildman–Crippen MR) is 129 cm³/mol. The Morgan fingerprint density at radius 1 is 1.06 bits per heavy atom. The zero-order chi connectivity index (χ0) is 23.7. The Hall–Kier alpha value is -4.26. The van der Waals surface area contributed by atoms with Crippen LogP contribution in [-0.2, 0) is 11.3 Å². The molecule has 7 nitrogen and oxygen atoms in total. The molecule has 0 atom stereocenters. The van der Waals surface area contributed by atoms with Crippen molar-refractivity contribution < 1.29 is 14.1 Å². The van der Waals surface area contributed by atoms with E-state index in [0.717, 1.165) is 50.4 Å². The van der Waals surface area contributed by atoms with E-state index in [4.69, 9.17) is 14.2 Å². The maximum Gasteiger partial charge on any atom is 0.338 e. The molecule has 0 saturated carbocycles. The van der Waals surface area contributed by atoms with Gasteiger partial charge in [-0.15, -0.1) is 0 Å². The van der Waals surface area contributed by atoms with E-state index >= 15 is 0 Å². The third kappa shape index (κ3) is 3.96. The molecule has 1 aromatic carbocycles. The highest BCUT2D eigenvalue weighted by molar-refractivity contribution is 5.96. The maximum atomic E-state index is 12.1. The van der Waals surface area contributed by atoms with Crippen molar-refractivity contribution in [3.8, 4) is 22.3 Å². The van der Waals surface area contributed by atoms with E-state index in [1.54, 1.807) is 25.3 Å². The lowest BCUT2D eigenvalue weighted by atomic mass is 10.0. The van der Waals surface area contributed by atoms with Gasteiger partial charge in [0.2, 0.25) is 0 Å². The van der Waals surface area contributed by atoms with Crippen molar-refractivity contribution in [3.63, 3.8) is 0 Å². The molecule has 0 bridgehead atoms. The number of carbonyl (C=O) groups excluding carboxylic acids is 1. The summed E-state index contributed by atoms with van der Waals surface area (Å²) in [7, 11) is 0. The van der Waals surface area contributed by atoms with Crippen LogP contribution in [0.1, 0.15) is 34.4 Å². The van der Waals surface area contributed by atoms with Gasteiger partial charge >= 0.3 is 5.97 Å². The zero-order valence-electron chi connectivity index (χ0n) is 19.3. The first-order chi connectivity index (χ1) is 16.5. The van der Waals surface area contributed by atoms with E-state index in [1.165, 1.54) is 0 Å². The van der Waals surface area contributed by atoms with Gasteiger partial charge < -0.3 is 13.8 Å². The number of hydrogen-bond acceptors (Lipinski definition) is 6. The molecule has 0 amide bonds. The molecule has 0 spiro atoms. The van der Waals surface area contributed by atoms with Crippen LogP contribution in [0.2, 0.25) is 0 Å². The number of hydrogen-bond donors (Lipinski definition) is 0. The van der Waals surface area contributed by atoms with Crippen LogP contribution in [0.5, 0.6) is 0 Å². The number of esters is 1. The van der Waals surface area contributed by atoms with Gasteiger partial charge in [-0.25, -0.2) is 4.79 Å². The van der Waals surface area contributed by atoms with Crippen LogP contribution in [0.25, 0.3) is 33.3 Å². The van der Waals surface area contributed by atoms with Gasteiger partial charge in [-0.2, -0.15) is 0 Å². The van der Waals surface area contributed by atoms with Crippen molar-refractivity contribution in [2.75, 3.05) is 6.61 Å². The van der Waals surface area contributed by atoms with E-state index in [0.29, 0.717) is 18.7 Å². The molecule has 5 rings (SSSR count). The fourth-order valence-electron chi connectivity index (χ4n) is 4.21. The minimum absolute atomic E-state index is 0.325. The molecule has 0 unspecified atom stereocenters. The van der Waals surface area contributed by atoms with Crippen LogP contribution in [0.4, 0.5) is 0 Å². The van der Waals surface area contributed by atoms with E-state index in [9.17, 15) is 4.79 Å². The monoisotopic (exact) mass is 452 g/mol. The number of pyridine rings is 2. The van der Waals surface area contributed by atoms with Crippen molar-refractivity contribution in [1.82, 2.24) is 19.7 Å². The molecule has 34 heavy (non-hydrogen) atoms. The van der Waals surface area contributed by atoms with E-state index in [1.807, 2.05) is 50.4 Å². The molecule has 0 aliphatic heterocycles. The smallest absolute Gasteiger partial charge is 0.338 e. The molecule has 0 aliphatic carbocycles. The summed E-state index contributed by atoms with van der Waals surface area (Å²) in [5, 5.41) is 4.09. The summed E-state index contributed by atoms with van der Waals surface area (Å²) in [6, 6.07) is 15.4. The quantitative estimate of drug-likeness (QED) is 0.312. The Morgan fingerprint density at radius 3 is 2.56 bits per heavy atom. The lowest BCUT2D eigenvalue weighted by Gasteiger charge is -2.06. The SMILES string of the molecule is CCOC(=O)c1ccc(-c2cn(Cc3ccccn3)c3cc(-c4c(C)noc4C)cnc23)cc1. The molecule has 0 aliphatic rings. The van der Waals surface area contributed by atoms with Gasteiger partial charge in [-0.05, 0) is 56.7 Å². The zero-order valence-corrected chi connectivity index (χ0v) is 19.3. The number of aryl methyl sites for hydroxylation is 2. The minimum atomic E-state index is -0.325. The van der Waals surface area contributed by atoms with Crippen molar-refractivity contribution in [1.29, 1.82) is 0 Å². The standard InChI is InChI=1S/C27H24N4O3/c1-4-33-27(32)20-10-8-19(9-11-20)23-16-31(15-22-7-5-6-12-28-22)24-13-21(14-29-26(23)24)25-17(2)30-34-18(25)3/h5-14,16H,4,15H2,1-3H3. The van der Waals surface area contributed by atoms with E-state index in [-0.39, 0.29) is 5.97 Å². The second-order valence-electron chi connectivity index (χ2n) is 8.08. The second kappa shape index (κ2) is 8.94. The highest BCUT2D eigenvalue weighted by atomic mass is 16.5. The highest BCUT2D eigenvalue weighted by Crippen LogP contribution is 2.34.